The molecule has 0 saturated carbocycles. The number of pyridine rings is 1. The van der Waals surface area contributed by atoms with Gasteiger partial charge in [0, 0.05) is 55.8 Å². The summed E-state index contributed by atoms with van der Waals surface area (Å²) in [7, 11) is -3.80. The number of aromatic nitrogens is 5. The van der Waals surface area contributed by atoms with E-state index in [0.29, 0.717) is 23.9 Å². The van der Waals surface area contributed by atoms with E-state index in [1.54, 1.807) is 42.1 Å². The molecule has 0 radical (unpaired) electrons. The van der Waals surface area contributed by atoms with Crippen LogP contribution in [0.1, 0.15) is 0 Å². The van der Waals surface area contributed by atoms with Gasteiger partial charge in [-0.2, -0.15) is 0 Å². The predicted octanol–water partition coefficient (Wildman–Crippen LogP) is 3.35. The summed E-state index contributed by atoms with van der Waals surface area (Å²) in [5.41, 5.74) is 1.63. The Labute approximate surface area is 227 Å². The number of benzene rings is 1. The van der Waals surface area contributed by atoms with Crippen LogP contribution in [-0.2, 0) is 10.0 Å². The first-order valence-electron chi connectivity index (χ1n) is 11.7. The number of nitrogens with zero attached hydrogens (tertiary/aromatic N) is 7. The minimum absolute atomic E-state index is 0.0155. The van der Waals surface area contributed by atoms with Crippen molar-refractivity contribution in [3.63, 3.8) is 0 Å². The zero-order chi connectivity index (χ0) is 26.1. The fraction of sp³-hybridized carbons (Fsp3) is 0.167. The molecule has 11 nitrogen and oxygen atoms in total. The number of hydrogen-bond donors (Lipinski definition) is 2. The highest BCUT2D eigenvalue weighted by Crippen LogP contribution is 2.36. The van der Waals surface area contributed by atoms with Crippen molar-refractivity contribution in [1.82, 2.24) is 29.8 Å². The monoisotopic (exact) mass is 563 g/mol. The van der Waals surface area contributed by atoms with Crippen LogP contribution in [0.25, 0.3) is 20.4 Å². The van der Waals surface area contributed by atoms with Gasteiger partial charge in [0.1, 0.15) is 17.0 Å². The molecule has 6 rings (SSSR count). The fourth-order valence-electron chi connectivity index (χ4n) is 4.20. The van der Waals surface area contributed by atoms with Crippen molar-refractivity contribution in [3.05, 3.63) is 67.4 Å². The molecular formula is C24H21N9O2S3. The molecule has 38 heavy (non-hydrogen) atoms. The van der Waals surface area contributed by atoms with Crippen LogP contribution in [0.15, 0.2) is 72.3 Å². The second kappa shape index (κ2) is 10.0. The van der Waals surface area contributed by atoms with E-state index in [4.69, 9.17) is 12.2 Å². The van der Waals surface area contributed by atoms with Gasteiger partial charge in [-0.25, -0.2) is 38.1 Å². The quantitative estimate of drug-likeness (QED) is 0.305. The summed E-state index contributed by atoms with van der Waals surface area (Å²) >= 11 is 7.25. The van der Waals surface area contributed by atoms with Crippen molar-refractivity contribution < 1.29 is 8.42 Å². The zero-order valence-electron chi connectivity index (χ0n) is 19.9. The lowest BCUT2D eigenvalue weighted by molar-refractivity contribution is 0.390. The molecule has 1 aromatic carbocycles. The topological polar surface area (TPSA) is 129 Å². The van der Waals surface area contributed by atoms with Crippen LogP contribution >= 0.6 is 23.6 Å². The molecule has 5 aromatic rings. The third-order valence-corrected chi connectivity index (χ3v) is 8.89. The summed E-state index contributed by atoms with van der Waals surface area (Å²) in [4.78, 5) is 26.8. The Bertz CT molecular complexity index is 1720. The van der Waals surface area contributed by atoms with E-state index in [2.05, 4.69) is 44.8 Å². The Morgan fingerprint density at radius 1 is 0.895 bits per heavy atom. The summed E-state index contributed by atoms with van der Waals surface area (Å²) in [5.74, 6) is 0.935. The van der Waals surface area contributed by atoms with Crippen LogP contribution < -0.4 is 14.9 Å². The highest BCUT2D eigenvalue weighted by molar-refractivity contribution is 7.92. The smallest absolute Gasteiger partial charge is 0.264 e. The molecule has 0 unspecified atom stereocenters. The number of rotatable bonds is 5. The van der Waals surface area contributed by atoms with Gasteiger partial charge in [0.05, 0.1) is 15.1 Å². The molecule has 5 heterocycles. The van der Waals surface area contributed by atoms with Gasteiger partial charge >= 0.3 is 0 Å². The molecule has 1 aliphatic rings. The van der Waals surface area contributed by atoms with Crippen molar-refractivity contribution >= 4 is 76.6 Å². The van der Waals surface area contributed by atoms with E-state index in [1.165, 1.54) is 24.5 Å². The van der Waals surface area contributed by atoms with Gasteiger partial charge in [-0.3, -0.25) is 0 Å². The second-order valence-electron chi connectivity index (χ2n) is 8.44. The minimum Gasteiger partial charge on any atom is -0.352 e. The van der Waals surface area contributed by atoms with Gasteiger partial charge in [-0.1, -0.05) is 0 Å². The van der Waals surface area contributed by atoms with Crippen LogP contribution in [0.5, 0.6) is 0 Å². The highest BCUT2D eigenvalue weighted by atomic mass is 32.2. The van der Waals surface area contributed by atoms with E-state index < -0.39 is 10.0 Å². The zero-order valence-corrected chi connectivity index (χ0v) is 22.3. The molecule has 1 aliphatic heterocycles. The number of thiocarbonyl (C=S) groups is 1. The Morgan fingerprint density at radius 3 is 2.39 bits per heavy atom. The third kappa shape index (κ3) is 4.80. The van der Waals surface area contributed by atoms with Gasteiger partial charge < -0.3 is 15.1 Å². The van der Waals surface area contributed by atoms with Gasteiger partial charge in [0.15, 0.2) is 5.11 Å². The van der Waals surface area contributed by atoms with E-state index in [1.807, 2.05) is 12.1 Å². The van der Waals surface area contributed by atoms with E-state index in [0.717, 1.165) is 39.3 Å². The molecule has 0 amide bonds. The number of piperazine rings is 1. The minimum atomic E-state index is -3.80. The van der Waals surface area contributed by atoms with Gasteiger partial charge in [-0.05, 0) is 54.7 Å². The summed E-state index contributed by atoms with van der Waals surface area (Å²) in [6.07, 6.45) is 6.34. The lowest BCUT2D eigenvalue weighted by Gasteiger charge is -2.36. The Balaban J connectivity index is 1.09. The average Bonchev–Trinajstić information content (AvgIpc) is 3.33. The molecule has 14 heteroatoms. The largest absolute Gasteiger partial charge is 0.352 e. The summed E-state index contributed by atoms with van der Waals surface area (Å²) in [6.45, 7) is 2.93. The molecule has 192 valence electrons. The summed E-state index contributed by atoms with van der Waals surface area (Å²) in [5, 5.41) is 4.83. The standard InChI is InChI=1S/C24H21N9O2S3/c34-38(35,31-23-26-9-2-10-27-23)17-6-4-16(5-7-17)30-24(36)33-13-11-32(12-14-33)21-20-19(28-15-29-21)18-3-1-8-25-22(18)37-20/h1-10,15H,11-14H2,(H,30,36)(H,26,27,31). The molecule has 2 N–H and O–H groups in total. The van der Waals surface area contributed by atoms with Crippen LogP contribution in [0, 0.1) is 0 Å². The normalized spacial score (nSPS) is 14.1. The molecule has 1 fully saturated rings. The van der Waals surface area contributed by atoms with E-state index in [9.17, 15) is 8.42 Å². The van der Waals surface area contributed by atoms with Crippen molar-refractivity contribution in [1.29, 1.82) is 0 Å². The lowest BCUT2D eigenvalue weighted by Crippen LogP contribution is -2.50. The van der Waals surface area contributed by atoms with Crippen molar-refractivity contribution in [2.75, 3.05) is 41.1 Å². The first-order valence-corrected chi connectivity index (χ1v) is 14.4. The van der Waals surface area contributed by atoms with Crippen LogP contribution in [0.3, 0.4) is 0 Å². The number of hydrogen-bond acceptors (Lipinski definition) is 10. The number of sulfonamides is 1. The van der Waals surface area contributed by atoms with E-state index >= 15 is 0 Å². The maximum absolute atomic E-state index is 12.6. The van der Waals surface area contributed by atoms with Crippen LogP contribution in [0.2, 0.25) is 0 Å². The lowest BCUT2D eigenvalue weighted by atomic mass is 10.2. The highest BCUT2D eigenvalue weighted by Gasteiger charge is 2.23. The summed E-state index contributed by atoms with van der Waals surface area (Å²) in [6, 6.07) is 11.9. The Hall–Kier alpha value is -4.01. The first-order chi connectivity index (χ1) is 18.5. The van der Waals surface area contributed by atoms with Gasteiger partial charge in [0.25, 0.3) is 10.0 Å². The van der Waals surface area contributed by atoms with Gasteiger partial charge in [-0.15, -0.1) is 11.3 Å². The van der Waals surface area contributed by atoms with Crippen molar-refractivity contribution in [2.24, 2.45) is 0 Å². The Morgan fingerprint density at radius 2 is 1.63 bits per heavy atom. The number of nitrogens with one attached hydrogen (secondary N) is 2. The van der Waals surface area contributed by atoms with Crippen LogP contribution in [0.4, 0.5) is 17.5 Å². The predicted molar refractivity (Wildman–Crippen MR) is 152 cm³/mol. The maximum Gasteiger partial charge on any atom is 0.264 e. The number of anilines is 3. The van der Waals surface area contributed by atoms with Crippen molar-refractivity contribution in [2.45, 2.75) is 4.90 Å². The molecule has 0 aliphatic carbocycles. The molecule has 0 bridgehead atoms. The van der Waals surface area contributed by atoms with Crippen molar-refractivity contribution in [3.8, 4) is 0 Å². The second-order valence-corrected chi connectivity index (χ2v) is 11.5. The molecule has 4 aromatic heterocycles. The molecule has 1 saturated heterocycles. The van der Waals surface area contributed by atoms with Crippen LogP contribution in [-0.4, -0.2) is 69.5 Å². The molecule has 0 spiro atoms. The number of thiophene rings is 1. The summed E-state index contributed by atoms with van der Waals surface area (Å²) < 4.78 is 28.6. The maximum atomic E-state index is 12.6. The first kappa shape index (κ1) is 24.3. The fourth-order valence-corrected chi connectivity index (χ4v) is 6.57. The van der Waals surface area contributed by atoms with Gasteiger partial charge in [0.2, 0.25) is 5.95 Å². The number of fused-ring (bicyclic) bond motifs is 3. The Kier molecular flexibility index (Phi) is 6.43. The van der Waals surface area contributed by atoms with E-state index in [-0.39, 0.29) is 10.8 Å². The SMILES string of the molecule is O=S(=O)(Nc1ncccn1)c1ccc(NC(=S)N2CCN(c3ncnc4c3sc3ncccc34)CC2)cc1. The molecule has 0 atom stereocenters. The molecular weight excluding hydrogens is 543 g/mol. The average molecular weight is 564 g/mol. The third-order valence-electron chi connectivity index (χ3n) is 6.08.